The van der Waals surface area contributed by atoms with Crippen LogP contribution in [-0.2, 0) is 4.79 Å². The Morgan fingerprint density at radius 2 is 2.17 bits per heavy atom. The van der Waals surface area contributed by atoms with Crippen LogP contribution in [0.4, 0.5) is 0 Å². The standard InChI is InChI=1S/C15H30N2O/c1-4-5-6-9-15(18)17-10-7-8-14(12-17)11-16-13(2)3/h13-14,16H,4-12H2,1-3H3. The summed E-state index contributed by atoms with van der Waals surface area (Å²) in [5, 5.41) is 3.49. The van der Waals surface area contributed by atoms with E-state index in [-0.39, 0.29) is 0 Å². The fraction of sp³-hybridized carbons (Fsp3) is 0.933. The average Bonchev–Trinajstić information content (AvgIpc) is 2.37. The molecule has 0 aliphatic carbocycles. The number of nitrogens with zero attached hydrogens (tertiary/aromatic N) is 1. The van der Waals surface area contributed by atoms with Crippen molar-refractivity contribution in [1.82, 2.24) is 10.2 Å². The number of unbranched alkanes of at least 4 members (excludes halogenated alkanes) is 2. The summed E-state index contributed by atoms with van der Waals surface area (Å²) in [7, 11) is 0. The van der Waals surface area contributed by atoms with Crippen molar-refractivity contribution in [3.8, 4) is 0 Å². The summed E-state index contributed by atoms with van der Waals surface area (Å²) in [6.07, 6.45) is 6.60. The van der Waals surface area contributed by atoms with Crippen molar-refractivity contribution < 1.29 is 4.79 Å². The molecule has 1 atom stereocenters. The molecule has 0 aromatic rings. The van der Waals surface area contributed by atoms with Gasteiger partial charge in [0.25, 0.3) is 0 Å². The molecule has 1 fully saturated rings. The van der Waals surface area contributed by atoms with E-state index in [0.717, 1.165) is 32.5 Å². The monoisotopic (exact) mass is 254 g/mol. The summed E-state index contributed by atoms with van der Waals surface area (Å²) in [4.78, 5) is 14.2. The van der Waals surface area contributed by atoms with Crippen LogP contribution in [0.2, 0.25) is 0 Å². The topological polar surface area (TPSA) is 32.3 Å². The minimum atomic E-state index is 0.373. The summed E-state index contributed by atoms with van der Waals surface area (Å²) in [6, 6.07) is 0.542. The van der Waals surface area contributed by atoms with E-state index in [0.29, 0.717) is 17.9 Å². The molecule has 0 radical (unpaired) electrons. The molecule has 106 valence electrons. The Hall–Kier alpha value is -0.570. The van der Waals surface area contributed by atoms with E-state index in [1.54, 1.807) is 0 Å². The maximum atomic E-state index is 12.1. The van der Waals surface area contributed by atoms with Crippen LogP contribution in [0.25, 0.3) is 0 Å². The molecule has 1 unspecified atom stereocenters. The highest BCUT2D eigenvalue weighted by molar-refractivity contribution is 5.76. The lowest BCUT2D eigenvalue weighted by atomic mass is 9.97. The lowest BCUT2D eigenvalue weighted by Crippen LogP contribution is -2.43. The second-order valence-electron chi connectivity index (χ2n) is 5.87. The SMILES string of the molecule is CCCCCC(=O)N1CCCC(CNC(C)C)C1. The molecule has 18 heavy (non-hydrogen) atoms. The number of rotatable bonds is 7. The Bertz CT molecular complexity index is 241. The molecular weight excluding hydrogens is 224 g/mol. The zero-order valence-electron chi connectivity index (χ0n) is 12.4. The third-order valence-corrected chi connectivity index (χ3v) is 3.68. The molecule has 3 heteroatoms. The number of hydrogen-bond donors (Lipinski definition) is 1. The van der Waals surface area contributed by atoms with Gasteiger partial charge in [-0.2, -0.15) is 0 Å². The molecule has 1 rings (SSSR count). The van der Waals surface area contributed by atoms with Gasteiger partial charge >= 0.3 is 0 Å². The Morgan fingerprint density at radius 3 is 2.83 bits per heavy atom. The quantitative estimate of drug-likeness (QED) is 0.709. The number of carbonyl (C=O) groups excluding carboxylic acids is 1. The Labute approximate surface area is 112 Å². The van der Waals surface area contributed by atoms with E-state index < -0.39 is 0 Å². The van der Waals surface area contributed by atoms with Gasteiger partial charge in [-0.05, 0) is 31.7 Å². The maximum Gasteiger partial charge on any atom is 0.222 e. The predicted molar refractivity (Wildman–Crippen MR) is 76.6 cm³/mol. The molecule has 0 aromatic heterocycles. The van der Waals surface area contributed by atoms with Crippen LogP contribution in [0.1, 0.15) is 59.3 Å². The van der Waals surface area contributed by atoms with Gasteiger partial charge in [-0.1, -0.05) is 33.6 Å². The number of likely N-dealkylation sites (tertiary alicyclic amines) is 1. The molecule has 1 saturated heterocycles. The molecule has 0 aromatic carbocycles. The Balaban J connectivity index is 2.26. The molecule has 1 heterocycles. The summed E-state index contributed by atoms with van der Waals surface area (Å²) in [6.45, 7) is 9.52. The third kappa shape index (κ3) is 5.85. The summed E-state index contributed by atoms with van der Waals surface area (Å²) in [5.41, 5.74) is 0. The highest BCUT2D eigenvalue weighted by atomic mass is 16.2. The molecular formula is C15H30N2O. The largest absolute Gasteiger partial charge is 0.342 e. The van der Waals surface area contributed by atoms with Crippen molar-refractivity contribution in [2.45, 2.75) is 65.3 Å². The molecule has 0 spiro atoms. The van der Waals surface area contributed by atoms with Gasteiger partial charge in [0.15, 0.2) is 0 Å². The van der Waals surface area contributed by atoms with E-state index in [2.05, 4.69) is 31.0 Å². The lowest BCUT2D eigenvalue weighted by Gasteiger charge is -2.33. The van der Waals surface area contributed by atoms with E-state index in [1.807, 2.05) is 0 Å². The lowest BCUT2D eigenvalue weighted by molar-refractivity contribution is -0.133. The molecule has 1 aliphatic heterocycles. The Morgan fingerprint density at radius 1 is 1.39 bits per heavy atom. The van der Waals surface area contributed by atoms with Crippen LogP contribution in [0.5, 0.6) is 0 Å². The second-order valence-corrected chi connectivity index (χ2v) is 5.87. The Kier molecular flexibility index (Phi) is 7.33. The first kappa shape index (κ1) is 15.5. The van der Waals surface area contributed by atoms with Crippen molar-refractivity contribution in [3.63, 3.8) is 0 Å². The van der Waals surface area contributed by atoms with Crippen LogP contribution in [0, 0.1) is 5.92 Å². The van der Waals surface area contributed by atoms with Gasteiger partial charge in [0, 0.05) is 25.6 Å². The number of amides is 1. The van der Waals surface area contributed by atoms with Gasteiger partial charge in [0.1, 0.15) is 0 Å². The number of piperidine rings is 1. The molecule has 0 bridgehead atoms. The van der Waals surface area contributed by atoms with Crippen LogP contribution in [0.15, 0.2) is 0 Å². The molecule has 1 amide bonds. The summed E-state index contributed by atoms with van der Waals surface area (Å²) < 4.78 is 0. The molecule has 3 nitrogen and oxygen atoms in total. The second kappa shape index (κ2) is 8.52. The van der Waals surface area contributed by atoms with Gasteiger partial charge < -0.3 is 10.2 Å². The van der Waals surface area contributed by atoms with E-state index >= 15 is 0 Å². The summed E-state index contributed by atoms with van der Waals surface area (Å²) >= 11 is 0. The number of nitrogens with one attached hydrogen (secondary N) is 1. The highest BCUT2D eigenvalue weighted by Crippen LogP contribution is 2.17. The average molecular weight is 254 g/mol. The summed E-state index contributed by atoms with van der Waals surface area (Å²) in [5.74, 6) is 1.02. The van der Waals surface area contributed by atoms with Crippen molar-refractivity contribution in [1.29, 1.82) is 0 Å². The number of carbonyl (C=O) groups is 1. The minimum Gasteiger partial charge on any atom is -0.342 e. The van der Waals surface area contributed by atoms with Gasteiger partial charge in [-0.25, -0.2) is 0 Å². The molecule has 1 aliphatic rings. The van der Waals surface area contributed by atoms with E-state index in [1.165, 1.54) is 25.7 Å². The van der Waals surface area contributed by atoms with Crippen molar-refractivity contribution in [2.75, 3.05) is 19.6 Å². The van der Waals surface area contributed by atoms with Crippen LogP contribution < -0.4 is 5.32 Å². The smallest absolute Gasteiger partial charge is 0.222 e. The van der Waals surface area contributed by atoms with E-state index in [9.17, 15) is 4.79 Å². The van der Waals surface area contributed by atoms with Gasteiger partial charge in [0.05, 0.1) is 0 Å². The van der Waals surface area contributed by atoms with E-state index in [4.69, 9.17) is 0 Å². The van der Waals surface area contributed by atoms with Crippen molar-refractivity contribution in [3.05, 3.63) is 0 Å². The van der Waals surface area contributed by atoms with Crippen molar-refractivity contribution in [2.24, 2.45) is 5.92 Å². The third-order valence-electron chi connectivity index (χ3n) is 3.68. The first-order valence-corrected chi connectivity index (χ1v) is 7.64. The predicted octanol–water partition coefficient (Wildman–Crippen LogP) is 2.80. The minimum absolute atomic E-state index is 0.373. The molecule has 1 N–H and O–H groups in total. The normalized spacial score (nSPS) is 20.4. The van der Waals surface area contributed by atoms with Crippen LogP contribution >= 0.6 is 0 Å². The zero-order chi connectivity index (χ0) is 13.4. The van der Waals surface area contributed by atoms with Gasteiger partial charge in [-0.3, -0.25) is 4.79 Å². The van der Waals surface area contributed by atoms with Crippen molar-refractivity contribution >= 4 is 5.91 Å². The zero-order valence-corrected chi connectivity index (χ0v) is 12.4. The van der Waals surface area contributed by atoms with Gasteiger partial charge in [0.2, 0.25) is 5.91 Å². The first-order valence-electron chi connectivity index (χ1n) is 7.64. The van der Waals surface area contributed by atoms with Crippen LogP contribution in [0.3, 0.4) is 0 Å². The molecule has 0 saturated carbocycles. The van der Waals surface area contributed by atoms with Gasteiger partial charge in [-0.15, -0.1) is 0 Å². The number of hydrogen-bond acceptors (Lipinski definition) is 2. The fourth-order valence-electron chi connectivity index (χ4n) is 2.54. The highest BCUT2D eigenvalue weighted by Gasteiger charge is 2.22. The van der Waals surface area contributed by atoms with Crippen LogP contribution in [-0.4, -0.2) is 36.5 Å². The first-order chi connectivity index (χ1) is 8.63. The maximum absolute atomic E-state index is 12.1. The fourth-order valence-corrected chi connectivity index (χ4v) is 2.54.